The first-order valence-corrected chi connectivity index (χ1v) is 7.82. The molecule has 2 aromatic carbocycles. The first kappa shape index (κ1) is 17.6. The number of carbonyl (C=O) groups is 1. The number of para-hydroxylation sites is 1. The molecule has 24 heavy (non-hydrogen) atoms. The summed E-state index contributed by atoms with van der Waals surface area (Å²) in [5.41, 5.74) is 2.69. The maximum Gasteiger partial charge on any atom is 0.336 e. The number of aryl methyl sites for hydroxylation is 2. The van der Waals surface area contributed by atoms with E-state index < -0.39 is 5.97 Å². The summed E-state index contributed by atoms with van der Waals surface area (Å²) in [6, 6.07) is 11.3. The highest BCUT2D eigenvalue weighted by molar-refractivity contribution is 5.89. The van der Waals surface area contributed by atoms with Gasteiger partial charge in [-0.15, -0.1) is 0 Å². The van der Waals surface area contributed by atoms with Gasteiger partial charge in [0.25, 0.3) is 0 Å². The normalized spacial score (nSPS) is 10.7. The molecule has 0 N–H and O–H groups in total. The van der Waals surface area contributed by atoms with E-state index in [2.05, 4.69) is 0 Å². The van der Waals surface area contributed by atoms with Crippen LogP contribution in [0.2, 0.25) is 0 Å². The minimum absolute atomic E-state index is 0.416. The average Bonchev–Trinajstić information content (AvgIpc) is 2.57. The highest BCUT2D eigenvalue weighted by Gasteiger charge is 2.08. The molecule has 2 rings (SSSR count). The van der Waals surface area contributed by atoms with E-state index in [9.17, 15) is 4.79 Å². The van der Waals surface area contributed by atoms with Crippen LogP contribution in [0.5, 0.6) is 17.2 Å². The number of methoxy groups -OCH3 is 1. The van der Waals surface area contributed by atoms with E-state index >= 15 is 0 Å². The molecule has 4 nitrogen and oxygen atoms in total. The van der Waals surface area contributed by atoms with Crippen LogP contribution >= 0.6 is 0 Å². The molecule has 4 heteroatoms. The number of esters is 1. The Balaban J connectivity index is 2.11. The molecule has 0 atom stereocenters. The van der Waals surface area contributed by atoms with Gasteiger partial charge in [-0.2, -0.15) is 0 Å². The van der Waals surface area contributed by atoms with E-state index in [1.54, 1.807) is 13.2 Å². The van der Waals surface area contributed by atoms with Crippen molar-refractivity contribution in [2.24, 2.45) is 0 Å². The Morgan fingerprint density at radius 2 is 1.79 bits per heavy atom. The van der Waals surface area contributed by atoms with Gasteiger partial charge in [-0.25, -0.2) is 4.79 Å². The van der Waals surface area contributed by atoms with Crippen LogP contribution in [0.3, 0.4) is 0 Å². The molecule has 0 heterocycles. The van der Waals surface area contributed by atoms with Crippen molar-refractivity contribution < 1.29 is 19.0 Å². The maximum atomic E-state index is 12.0. The second-order valence-corrected chi connectivity index (χ2v) is 5.32. The fourth-order valence-corrected chi connectivity index (χ4v) is 2.32. The van der Waals surface area contributed by atoms with E-state index in [0.29, 0.717) is 23.9 Å². The van der Waals surface area contributed by atoms with E-state index in [1.165, 1.54) is 6.08 Å². The Kier molecular flexibility index (Phi) is 6.01. The molecule has 0 spiro atoms. The van der Waals surface area contributed by atoms with Gasteiger partial charge >= 0.3 is 5.97 Å². The third-order valence-corrected chi connectivity index (χ3v) is 3.51. The van der Waals surface area contributed by atoms with Gasteiger partial charge in [0.15, 0.2) is 11.5 Å². The summed E-state index contributed by atoms with van der Waals surface area (Å²) in [4.78, 5) is 12.0. The number of ether oxygens (including phenoxy) is 3. The lowest BCUT2D eigenvalue weighted by molar-refractivity contribution is -0.129. The van der Waals surface area contributed by atoms with Gasteiger partial charge in [0.2, 0.25) is 0 Å². The summed E-state index contributed by atoms with van der Waals surface area (Å²) >= 11 is 0. The molecule has 0 amide bonds. The summed E-state index contributed by atoms with van der Waals surface area (Å²) < 4.78 is 16.2. The summed E-state index contributed by atoms with van der Waals surface area (Å²) in [6.45, 7) is 6.30. The predicted octanol–water partition coefficient (Wildman–Crippen LogP) is 4.33. The molecule has 0 unspecified atom stereocenters. The third-order valence-electron chi connectivity index (χ3n) is 3.51. The first-order valence-electron chi connectivity index (χ1n) is 7.82. The van der Waals surface area contributed by atoms with Gasteiger partial charge in [-0.3, -0.25) is 0 Å². The Bertz CT molecular complexity index is 727. The summed E-state index contributed by atoms with van der Waals surface area (Å²) in [5, 5.41) is 0. The Hall–Kier alpha value is -2.75. The number of carbonyl (C=O) groups excluding carboxylic acids is 1. The van der Waals surface area contributed by atoms with Crippen molar-refractivity contribution in [1.29, 1.82) is 0 Å². The molecular formula is C20H22O4. The molecule has 0 aliphatic carbocycles. The van der Waals surface area contributed by atoms with Gasteiger partial charge in [-0.05, 0) is 55.7 Å². The number of hydrogen-bond acceptors (Lipinski definition) is 4. The van der Waals surface area contributed by atoms with Crippen molar-refractivity contribution in [3.63, 3.8) is 0 Å². The van der Waals surface area contributed by atoms with Gasteiger partial charge in [0.1, 0.15) is 5.75 Å². The van der Waals surface area contributed by atoms with E-state index in [-0.39, 0.29) is 0 Å². The average molecular weight is 326 g/mol. The highest BCUT2D eigenvalue weighted by atomic mass is 16.5. The summed E-state index contributed by atoms with van der Waals surface area (Å²) in [5.74, 6) is 1.49. The van der Waals surface area contributed by atoms with Crippen LogP contribution in [-0.4, -0.2) is 19.7 Å². The zero-order chi connectivity index (χ0) is 17.5. The van der Waals surface area contributed by atoms with Crippen LogP contribution in [0, 0.1) is 13.8 Å². The lowest BCUT2D eigenvalue weighted by Crippen LogP contribution is -2.06. The van der Waals surface area contributed by atoms with Crippen LogP contribution in [-0.2, 0) is 4.79 Å². The van der Waals surface area contributed by atoms with Crippen LogP contribution < -0.4 is 14.2 Å². The SMILES string of the molecule is CCOc1ccc(C=CC(=O)Oc2c(C)cccc2C)cc1OC. The Morgan fingerprint density at radius 1 is 1.08 bits per heavy atom. The number of rotatable bonds is 6. The fourth-order valence-electron chi connectivity index (χ4n) is 2.32. The van der Waals surface area contributed by atoms with Crippen molar-refractivity contribution in [1.82, 2.24) is 0 Å². The molecule has 0 aliphatic heterocycles. The Morgan fingerprint density at radius 3 is 2.42 bits per heavy atom. The molecule has 0 saturated heterocycles. The first-order chi connectivity index (χ1) is 11.5. The van der Waals surface area contributed by atoms with Crippen molar-refractivity contribution in [2.45, 2.75) is 20.8 Å². The molecule has 0 bridgehead atoms. The van der Waals surface area contributed by atoms with E-state index in [0.717, 1.165) is 16.7 Å². The highest BCUT2D eigenvalue weighted by Crippen LogP contribution is 2.28. The Labute approximate surface area is 142 Å². The van der Waals surface area contributed by atoms with Crippen molar-refractivity contribution in [3.8, 4) is 17.2 Å². The zero-order valence-electron chi connectivity index (χ0n) is 14.5. The lowest BCUT2D eigenvalue weighted by atomic mass is 10.1. The second kappa shape index (κ2) is 8.20. The molecule has 126 valence electrons. The maximum absolute atomic E-state index is 12.0. The van der Waals surface area contributed by atoms with E-state index in [1.807, 2.05) is 57.2 Å². The molecule has 0 aromatic heterocycles. The summed E-state index contributed by atoms with van der Waals surface area (Å²) in [6.07, 6.45) is 3.09. The molecule has 0 fully saturated rings. The molecular weight excluding hydrogens is 304 g/mol. The smallest absolute Gasteiger partial charge is 0.336 e. The fraction of sp³-hybridized carbons (Fsp3) is 0.250. The van der Waals surface area contributed by atoms with Crippen LogP contribution in [0.15, 0.2) is 42.5 Å². The molecule has 0 aliphatic rings. The standard InChI is InChI=1S/C20H22O4/c1-5-23-17-11-9-16(13-18(17)22-4)10-12-19(21)24-20-14(2)7-6-8-15(20)3/h6-13H,5H2,1-4H3. The van der Waals surface area contributed by atoms with Crippen molar-refractivity contribution in [2.75, 3.05) is 13.7 Å². The topological polar surface area (TPSA) is 44.8 Å². The quantitative estimate of drug-likeness (QED) is 0.450. The monoisotopic (exact) mass is 326 g/mol. The van der Waals surface area contributed by atoms with Crippen LogP contribution in [0.1, 0.15) is 23.6 Å². The number of benzene rings is 2. The van der Waals surface area contributed by atoms with Crippen molar-refractivity contribution in [3.05, 3.63) is 59.2 Å². The largest absolute Gasteiger partial charge is 0.493 e. The van der Waals surface area contributed by atoms with E-state index in [4.69, 9.17) is 14.2 Å². The van der Waals surface area contributed by atoms with Crippen LogP contribution in [0.4, 0.5) is 0 Å². The number of hydrogen-bond donors (Lipinski definition) is 0. The molecule has 0 saturated carbocycles. The molecule has 0 radical (unpaired) electrons. The second-order valence-electron chi connectivity index (χ2n) is 5.32. The third kappa shape index (κ3) is 4.38. The van der Waals surface area contributed by atoms with Gasteiger partial charge in [0, 0.05) is 6.08 Å². The minimum atomic E-state index is -0.416. The predicted molar refractivity (Wildman–Crippen MR) is 94.7 cm³/mol. The summed E-state index contributed by atoms with van der Waals surface area (Å²) in [7, 11) is 1.58. The minimum Gasteiger partial charge on any atom is -0.493 e. The van der Waals surface area contributed by atoms with Crippen molar-refractivity contribution >= 4 is 12.0 Å². The van der Waals surface area contributed by atoms with Gasteiger partial charge in [-0.1, -0.05) is 24.3 Å². The van der Waals surface area contributed by atoms with Gasteiger partial charge < -0.3 is 14.2 Å². The van der Waals surface area contributed by atoms with Crippen LogP contribution in [0.25, 0.3) is 6.08 Å². The van der Waals surface area contributed by atoms with Gasteiger partial charge in [0.05, 0.1) is 13.7 Å². The zero-order valence-corrected chi connectivity index (χ0v) is 14.5. The molecule has 2 aromatic rings. The lowest BCUT2D eigenvalue weighted by Gasteiger charge is -2.10.